The maximum atomic E-state index is 11.4. The molecule has 0 saturated carbocycles. The molecule has 3 N–H and O–H groups in total. The lowest BCUT2D eigenvalue weighted by Crippen LogP contribution is -2.03. The molecule has 0 bridgehead atoms. The van der Waals surface area contributed by atoms with Crippen molar-refractivity contribution in [1.29, 1.82) is 0 Å². The van der Waals surface area contributed by atoms with Crippen LogP contribution in [0, 0.1) is 0 Å². The summed E-state index contributed by atoms with van der Waals surface area (Å²) in [5, 5.41) is 4.03. The van der Waals surface area contributed by atoms with Crippen LogP contribution in [-0.4, -0.2) is 13.1 Å². The van der Waals surface area contributed by atoms with Crippen molar-refractivity contribution in [1.82, 2.24) is 0 Å². The molecule has 0 atom stereocenters. The van der Waals surface area contributed by atoms with Crippen molar-refractivity contribution in [2.75, 3.05) is 18.2 Å². The number of rotatable bonds is 3. The summed E-state index contributed by atoms with van der Waals surface area (Å²) in [7, 11) is 1.32. The summed E-state index contributed by atoms with van der Waals surface area (Å²) in [6.45, 7) is 0. The number of carbonyl (C=O) groups excluding carboxylic acids is 1. The molecule has 0 aliphatic heterocycles. The van der Waals surface area contributed by atoms with Crippen LogP contribution in [0.3, 0.4) is 0 Å². The second-order valence-corrected chi connectivity index (χ2v) is 4.86. The fourth-order valence-corrected chi connectivity index (χ4v) is 1.95. The third kappa shape index (κ3) is 3.15. The van der Waals surface area contributed by atoms with E-state index >= 15 is 0 Å². The highest BCUT2D eigenvalue weighted by Gasteiger charge is 2.08. The zero-order chi connectivity index (χ0) is 14.7. The summed E-state index contributed by atoms with van der Waals surface area (Å²) >= 11 is 11.8. The van der Waals surface area contributed by atoms with Gasteiger partial charge in [0.1, 0.15) is 0 Å². The van der Waals surface area contributed by atoms with E-state index in [0.29, 0.717) is 27.0 Å². The lowest BCUT2D eigenvalue weighted by Gasteiger charge is -2.11. The van der Waals surface area contributed by atoms with Gasteiger partial charge in [0.2, 0.25) is 0 Å². The molecule has 0 radical (unpaired) electrons. The van der Waals surface area contributed by atoms with Gasteiger partial charge in [0.25, 0.3) is 0 Å². The van der Waals surface area contributed by atoms with Crippen LogP contribution >= 0.6 is 23.2 Å². The summed E-state index contributed by atoms with van der Waals surface area (Å²) < 4.78 is 4.63. The lowest BCUT2D eigenvalue weighted by molar-refractivity contribution is 0.0601. The number of esters is 1. The summed E-state index contributed by atoms with van der Waals surface area (Å²) in [6.07, 6.45) is 0. The highest BCUT2D eigenvalue weighted by molar-refractivity contribution is 6.42. The number of nitrogens with two attached hydrogens (primary N) is 1. The van der Waals surface area contributed by atoms with E-state index in [1.807, 2.05) is 0 Å². The van der Waals surface area contributed by atoms with Crippen molar-refractivity contribution in [3.63, 3.8) is 0 Å². The highest BCUT2D eigenvalue weighted by Crippen LogP contribution is 2.29. The van der Waals surface area contributed by atoms with Gasteiger partial charge in [0.05, 0.1) is 34.1 Å². The average Bonchev–Trinajstić information content (AvgIpc) is 2.44. The average molecular weight is 311 g/mol. The molecule has 0 aromatic heterocycles. The third-order valence-electron chi connectivity index (χ3n) is 2.67. The molecule has 2 rings (SSSR count). The van der Waals surface area contributed by atoms with Gasteiger partial charge in [-0.05, 0) is 36.4 Å². The monoisotopic (exact) mass is 310 g/mol. The molecule has 20 heavy (non-hydrogen) atoms. The first-order valence-corrected chi connectivity index (χ1v) is 6.47. The molecule has 2 aromatic rings. The van der Waals surface area contributed by atoms with E-state index in [9.17, 15) is 4.79 Å². The van der Waals surface area contributed by atoms with Gasteiger partial charge in [0, 0.05) is 5.69 Å². The number of carbonyl (C=O) groups is 1. The van der Waals surface area contributed by atoms with Crippen molar-refractivity contribution >= 4 is 46.2 Å². The Morgan fingerprint density at radius 2 is 1.90 bits per heavy atom. The number of nitrogens with one attached hydrogen (secondary N) is 1. The molecular weight excluding hydrogens is 299 g/mol. The minimum Gasteiger partial charge on any atom is -0.465 e. The quantitative estimate of drug-likeness (QED) is 0.661. The Kier molecular flexibility index (Phi) is 4.37. The second-order valence-electron chi connectivity index (χ2n) is 4.05. The number of hydrogen-bond acceptors (Lipinski definition) is 4. The fourth-order valence-electron chi connectivity index (χ4n) is 1.65. The SMILES string of the molecule is COC(=O)c1ccc(Nc2ccc(Cl)c(Cl)c2)c(N)c1. The normalized spacial score (nSPS) is 10.2. The van der Waals surface area contributed by atoms with E-state index < -0.39 is 5.97 Å². The van der Waals surface area contributed by atoms with E-state index in [1.165, 1.54) is 7.11 Å². The van der Waals surface area contributed by atoms with Crippen molar-refractivity contribution in [3.8, 4) is 0 Å². The molecule has 0 saturated heterocycles. The Bertz CT molecular complexity index is 660. The van der Waals surface area contributed by atoms with Crippen LogP contribution < -0.4 is 11.1 Å². The van der Waals surface area contributed by atoms with Gasteiger partial charge < -0.3 is 15.8 Å². The summed E-state index contributed by atoms with van der Waals surface area (Å²) in [5.41, 5.74) is 8.13. The van der Waals surface area contributed by atoms with Crippen molar-refractivity contribution in [2.45, 2.75) is 0 Å². The Morgan fingerprint density at radius 3 is 2.50 bits per heavy atom. The van der Waals surface area contributed by atoms with Gasteiger partial charge in [-0.15, -0.1) is 0 Å². The molecule has 0 spiro atoms. The van der Waals surface area contributed by atoms with Crippen LogP contribution in [0.5, 0.6) is 0 Å². The van der Waals surface area contributed by atoms with Crippen molar-refractivity contribution in [2.24, 2.45) is 0 Å². The Balaban J connectivity index is 2.25. The number of anilines is 3. The molecule has 0 heterocycles. The minimum absolute atomic E-state index is 0.393. The van der Waals surface area contributed by atoms with Gasteiger partial charge in [-0.2, -0.15) is 0 Å². The molecule has 0 aliphatic rings. The van der Waals surface area contributed by atoms with Crippen LogP contribution in [0.4, 0.5) is 17.1 Å². The van der Waals surface area contributed by atoms with Gasteiger partial charge in [-0.3, -0.25) is 0 Å². The predicted octanol–water partition coefficient (Wildman–Crippen LogP) is 4.11. The second kappa shape index (κ2) is 6.03. The first kappa shape index (κ1) is 14.5. The fraction of sp³-hybridized carbons (Fsp3) is 0.0714. The summed E-state index contributed by atoms with van der Waals surface area (Å²) in [4.78, 5) is 11.4. The Labute approximate surface area is 126 Å². The van der Waals surface area contributed by atoms with E-state index in [-0.39, 0.29) is 0 Å². The minimum atomic E-state index is -0.433. The zero-order valence-electron chi connectivity index (χ0n) is 10.6. The first-order valence-electron chi connectivity index (χ1n) is 5.71. The van der Waals surface area contributed by atoms with Crippen LogP contribution in [0.15, 0.2) is 36.4 Å². The van der Waals surface area contributed by atoms with E-state index in [1.54, 1.807) is 36.4 Å². The highest BCUT2D eigenvalue weighted by atomic mass is 35.5. The predicted molar refractivity (Wildman–Crippen MR) is 81.9 cm³/mol. The molecule has 2 aromatic carbocycles. The Morgan fingerprint density at radius 1 is 1.15 bits per heavy atom. The van der Waals surface area contributed by atoms with Crippen LogP contribution in [0.1, 0.15) is 10.4 Å². The maximum absolute atomic E-state index is 11.4. The van der Waals surface area contributed by atoms with Gasteiger partial charge in [-0.1, -0.05) is 23.2 Å². The molecule has 0 fully saturated rings. The van der Waals surface area contributed by atoms with Crippen LogP contribution in [-0.2, 0) is 4.74 Å². The lowest BCUT2D eigenvalue weighted by atomic mass is 10.1. The van der Waals surface area contributed by atoms with Crippen molar-refractivity contribution < 1.29 is 9.53 Å². The molecule has 6 heteroatoms. The topological polar surface area (TPSA) is 64.3 Å². The molecule has 0 amide bonds. The summed E-state index contributed by atoms with van der Waals surface area (Å²) in [6, 6.07) is 10.0. The maximum Gasteiger partial charge on any atom is 0.337 e. The van der Waals surface area contributed by atoms with Gasteiger partial charge >= 0.3 is 5.97 Å². The largest absolute Gasteiger partial charge is 0.465 e. The first-order chi connectivity index (χ1) is 9.51. The van der Waals surface area contributed by atoms with E-state index in [4.69, 9.17) is 28.9 Å². The number of nitrogen functional groups attached to an aromatic ring is 1. The van der Waals surface area contributed by atoms with Crippen LogP contribution in [0.25, 0.3) is 0 Å². The number of hydrogen-bond donors (Lipinski definition) is 2. The third-order valence-corrected chi connectivity index (χ3v) is 3.41. The number of methoxy groups -OCH3 is 1. The van der Waals surface area contributed by atoms with E-state index in [2.05, 4.69) is 10.1 Å². The zero-order valence-corrected chi connectivity index (χ0v) is 12.1. The molecule has 4 nitrogen and oxygen atoms in total. The molecule has 0 unspecified atom stereocenters. The molecule has 0 aliphatic carbocycles. The molecule has 104 valence electrons. The number of benzene rings is 2. The number of ether oxygens (including phenoxy) is 1. The standard InChI is InChI=1S/C14H12Cl2N2O2/c1-20-14(19)8-2-5-13(12(17)6-8)18-9-3-4-10(15)11(16)7-9/h2-7,18H,17H2,1H3. The number of halogens is 2. The summed E-state index contributed by atoms with van der Waals surface area (Å²) in [5.74, 6) is -0.433. The van der Waals surface area contributed by atoms with Crippen molar-refractivity contribution in [3.05, 3.63) is 52.0 Å². The Hall–Kier alpha value is -1.91. The van der Waals surface area contributed by atoms with E-state index in [0.717, 1.165) is 5.69 Å². The van der Waals surface area contributed by atoms with Gasteiger partial charge in [-0.25, -0.2) is 4.79 Å². The smallest absolute Gasteiger partial charge is 0.337 e. The van der Waals surface area contributed by atoms with Gasteiger partial charge in [0.15, 0.2) is 0 Å². The van der Waals surface area contributed by atoms with Crippen LogP contribution in [0.2, 0.25) is 10.0 Å². The molecular formula is C14H12Cl2N2O2.